The van der Waals surface area contributed by atoms with Crippen LogP contribution in [0, 0.1) is 0 Å². The van der Waals surface area contributed by atoms with Crippen molar-refractivity contribution in [2.24, 2.45) is 61.4 Å². The number of sulfone groups is 2. The number of nitrogens with zero attached hydrogens (tertiary/aromatic N) is 12. The zero-order valence-electron chi connectivity index (χ0n) is 64.4. The zero-order valence-corrected chi connectivity index (χ0v) is 74.2. The minimum absolute atomic E-state index is 0.0120. The fourth-order valence-corrected chi connectivity index (χ4v) is 20.5. The standard InChI is InChI=1S/C66H54N16O38S12/c67-57-55-33(27-49(122-117-113-88)60(65(55)85)77-73-45-19-17-43(31-51(45)129(99,100)101)125(91,92)25-23-111-124-119-115-90)29-53(131(105,106)107)62(57)79-71-37-9-13-41(14-10-37)127(95,96)81-39-5-1-35(2-6-39)69-75-47-21-22-48(83)59(64(47)84)76-70-36-3-7-40(8-4-36)82-128(97,98)42-15-11-38(12-16-42)72-80-63-54(132(108,109)110)30-34-28-50(123-118-114-89)61(66(86)56(34)58(63)68)78-74-46-20-18-44(32-52(46)130(102,103)104)126(93,94)26-24-121-120-116-112-87/h1-22,27-32,81-90H,23-26,67-68H2,(H,99,100,101)(H,102,103,104)(H,105,106,107)(H,108,109,110). The number of benzene rings is 11. The molecule has 11 rings (SSSR count). The highest BCUT2D eigenvalue weighted by atomic mass is 32.2. The van der Waals surface area contributed by atoms with E-state index in [0.717, 1.165) is 109 Å². The predicted molar refractivity (Wildman–Crippen MR) is 457 cm³/mol. The fourth-order valence-electron chi connectivity index (χ4n) is 11.0. The summed E-state index contributed by atoms with van der Waals surface area (Å²) in [4.78, 5) is -7.16. The minimum Gasteiger partial charge on any atom is -0.505 e. The number of hydrogen-bond acceptors (Lipinski definition) is 52. The number of hydrogen-bond donors (Lipinski definition) is 16. The van der Waals surface area contributed by atoms with Crippen molar-refractivity contribution in [2.45, 2.75) is 49.0 Å². The number of rotatable bonds is 42. The maximum absolute atomic E-state index is 13.6. The third-order valence-electron chi connectivity index (χ3n) is 16.9. The van der Waals surface area contributed by atoms with Gasteiger partial charge >= 0.3 is 0 Å². The van der Waals surface area contributed by atoms with Crippen LogP contribution in [-0.4, -0.2) is 151 Å². The topological polar surface area (TPSA) is 833 Å². The molecule has 0 radical (unpaired) electrons. The highest BCUT2D eigenvalue weighted by Gasteiger charge is 2.31. The van der Waals surface area contributed by atoms with Gasteiger partial charge in [0.05, 0.1) is 116 Å². The van der Waals surface area contributed by atoms with Crippen molar-refractivity contribution in [1.29, 1.82) is 0 Å². The quantitative estimate of drug-likeness (QED) is 0.00321. The van der Waals surface area contributed by atoms with E-state index in [9.17, 15) is 106 Å². The Labute approximate surface area is 757 Å². The van der Waals surface area contributed by atoms with Gasteiger partial charge in [-0.05, 0) is 191 Å². The van der Waals surface area contributed by atoms with Crippen LogP contribution in [0.5, 0.6) is 23.0 Å². The van der Waals surface area contributed by atoms with Crippen molar-refractivity contribution in [3.8, 4) is 23.0 Å². The van der Waals surface area contributed by atoms with Crippen molar-refractivity contribution in [3.05, 3.63) is 170 Å². The third kappa shape index (κ3) is 24.9. The highest BCUT2D eigenvalue weighted by molar-refractivity contribution is 7.97. The highest BCUT2D eigenvalue weighted by Crippen LogP contribution is 2.53. The molecule has 0 aromatic heterocycles. The summed E-state index contributed by atoms with van der Waals surface area (Å²) in [6, 6.07) is 29.1. The van der Waals surface area contributed by atoms with E-state index < -0.39 is 222 Å². The molecule has 132 heavy (non-hydrogen) atoms. The summed E-state index contributed by atoms with van der Waals surface area (Å²) in [6.45, 7) is -0.591. The Morgan fingerprint density at radius 1 is 0.341 bits per heavy atom. The summed E-state index contributed by atoms with van der Waals surface area (Å²) >= 11 is 0.605. The van der Waals surface area contributed by atoms with E-state index in [1.165, 1.54) is 48.5 Å². The van der Waals surface area contributed by atoms with E-state index in [-0.39, 0.29) is 103 Å². The van der Waals surface area contributed by atoms with Gasteiger partial charge in [-0.2, -0.15) is 54.1 Å². The molecule has 0 heterocycles. The molecule has 18 N–H and O–H groups in total. The molecule has 0 atom stereocenters. The molecule has 11 aromatic rings. The van der Waals surface area contributed by atoms with Gasteiger partial charge in [0.1, 0.15) is 65.1 Å². The number of fused-ring (bicyclic) bond motifs is 2. The lowest BCUT2D eigenvalue weighted by Gasteiger charge is -2.14. The lowest BCUT2D eigenvalue weighted by atomic mass is 10.1. The van der Waals surface area contributed by atoms with Crippen LogP contribution in [0.4, 0.5) is 91.0 Å². The maximum Gasteiger partial charge on any atom is 0.296 e. The van der Waals surface area contributed by atoms with Crippen LogP contribution < -0.4 is 20.9 Å². The van der Waals surface area contributed by atoms with Crippen LogP contribution in [0.25, 0.3) is 21.5 Å². The Hall–Kier alpha value is -11.8. The van der Waals surface area contributed by atoms with Crippen molar-refractivity contribution >= 4 is 241 Å². The summed E-state index contributed by atoms with van der Waals surface area (Å²) in [5, 5.41) is 142. The van der Waals surface area contributed by atoms with Crippen LogP contribution in [-0.2, 0) is 127 Å². The molecular weight excluding hydrogens is 2010 g/mol. The molecule has 0 aliphatic rings. The zero-order chi connectivity index (χ0) is 96.1. The molecule has 0 aliphatic heterocycles. The molecule has 11 aromatic carbocycles. The lowest BCUT2D eigenvalue weighted by molar-refractivity contribution is -0.591. The van der Waals surface area contributed by atoms with Gasteiger partial charge in [-0.1, -0.05) is 15.1 Å². The predicted octanol–water partition coefficient (Wildman–Crippen LogP) is 15.5. The molecule has 0 saturated carbocycles. The fraction of sp³-hybridized carbons (Fsp3) is 0.0606. The number of sulfonamides is 2. The SMILES string of the molecule is Nc1c(N=Nc2ccc(S(=O)(=O)Nc3ccc(N=Nc4ccc(O)c(N=Nc5ccc(NS(=O)(=O)c6ccc(N=Nc7c(S(=O)(=O)O)cc8cc(SOOO)c(N=Nc9ccc(S(=O)(=O)CCSOOOO)cc9S(=O)(=O)O)c(O)c8c7N)cc6)cc5)c4O)cc3)cc2)c(S(=O)(=O)O)cc2cc(SOOO)c(N=Nc3ccc(S(=O)(=O)CCOSOOO)cc3S(=O)(=O)O)c(O)c12. The van der Waals surface area contributed by atoms with Gasteiger partial charge in [0, 0.05) is 29.2 Å². The monoisotopic (exact) mass is 2060 g/mol. The Morgan fingerprint density at radius 3 is 1.09 bits per heavy atom. The van der Waals surface area contributed by atoms with Crippen molar-refractivity contribution < 1.29 is 174 Å². The Balaban J connectivity index is 0.734. The molecule has 0 saturated heterocycles. The van der Waals surface area contributed by atoms with E-state index >= 15 is 0 Å². The molecule has 0 fully saturated rings. The lowest BCUT2D eigenvalue weighted by Crippen LogP contribution is -2.12. The summed E-state index contributed by atoms with van der Waals surface area (Å²) in [5.74, 6) is -5.19. The van der Waals surface area contributed by atoms with Crippen LogP contribution in [0.2, 0.25) is 0 Å². The normalized spacial score (nSPS) is 13.0. The van der Waals surface area contributed by atoms with Gasteiger partial charge in [0.25, 0.3) is 60.5 Å². The van der Waals surface area contributed by atoms with Crippen molar-refractivity contribution in [2.75, 3.05) is 44.8 Å². The summed E-state index contributed by atoms with van der Waals surface area (Å²) in [5.41, 5.74) is 5.84. The molecule has 66 heteroatoms. The molecule has 0 bridgehead atoms. The van der Waals surface area contributed by atoms with Crippen LogP contribution in [0.1, 0.15) is 0 Å². The molecule has 0 amide bonds. The van der Waals surface area contributed by atoms with Crippen LogP contribution in [0.3, 0.4) is 0 Å². The number of nitrogens with two attached hydrogens (primary N) is 2. The number of phenols is 4. The number of azo groups is 6. The van der Waals surface area contributed by atoms with Gasteiger partial charge in [-0.25, -0.2) is 54.7 Å². The van der Waals surface area contributed by atoms with Gasteiger partial charge in [-0.3, -0.25) is 31.8 Å². The van der Waals surface area contributed by atoms with Crippen LogP contribution >= 0.6 is 48.5 Å². The Kier molecular flexibility index (Phi) is 32.4. The molecule has 0 spiro atoms. The molecule has 0 aliphatic carbocycles. The second-order valence-corrected chi connectivity index (χ2v) is 41.1. The van der Waals surface area contributed by atoms with E-state index in [0.29, 0.717) is 24.2 Å². The van der Waals surface area contributed by atoms with Gasteiger partial charge in [-0.15, -0.1) is 58.2 Å². The summed E-state index contributed by atoms with van der Waals surface area (Å²) in [7, 11) is -38.8. The molecular formula is C66H54N16O38S12. The number of nitrogens with one attached hydrogen (secondary N) is 2. The van der Waals surface area contributed by atoms with Crippen LogP contribution in [0.15, 0.2) is 280 Å². The first-order valence-corrected chi connectivity index (χ1v) is 49.6. The summed E-state index contributed by atoms with van der Waals surface area (Å²) < 4.78 is 275. The average molecular weight is 2060 g/mol. The number of anilines is 4. The smallest absolute Gasteiger partial charge is 0.296 e. The minimum atomic E-state index is -5.32. The second-order valence-electron chi connectivity index (χ2n) is 25.2. The number of aromatic hydroxyl groups is 4. The van der Waals surface area contributed by atoms with Gasteiger partial charge in [0.2, 0.25) is 0 Å². The third-order valence-corrected chi connectivity index (χ3v) is 29.0. The average Bonchev–Trinajstić information content (AvgIpc) is 0.746. The molecule has 698 valence electrons. The summed E-state index contributed by atoms with van der Waals surface area (Å²) in [6.07, 6.45) is 0. The van der Waals surface area contributed by atoms with E-state index in [4.69, 9.17) is 36.7 Å². The Morgan fingerprint density at radius 2 is 0.697 bits per heavy atom. The molecule has 54 nitrogen and oxygen atoms in total. The number of phenolic OH excluding ortho intramolecular Hbond substituents is 4. The largest absolute Gasteiger partial charge is 0.505 e. The first-order valence-electron chi connectivity index (χ1n) is 34.5. The van der Waals surface area contributed by atoms with Gasteiger partial charge in [0.15, 0.2) is 54.9 Å². The first kappa shape index (κ1) is 101. The maximum atomic E-state index is 13.6. The van der Waals surface area contributed by atoms with E-state index in [1.54, 1.807) is 0 Å². The molecule has 0 unspecified atom stereocenters. The van der Waals surface area contributed by atoms with E-state index in [1.807, 2.05) is 0 Å². The Bertz CT molecular complexity index is 7480. The van der Waals surface area contributed by atoms with Crippen molar-refractivity contribution in [1.82, 2.24) is 0 Å². The first-order chi connectivity index (χ1) is 62.3. The second kappa shape index (κ2) is 42.4. The van der Waals surface area contributed by atoms with E-state index in [2.05, 4.69) is 113 Å². The van der Waals surface area contributed by atoms with Crippen molar-refractivity contribution in [3.63, 3.8) is 0 Å². The number of nitrogen functional groups attached to an aromatic ring is 2. The van der Waals surface area contributed by atoms with Gasteiger partial charge < -0.3 is 31.9 Å².